The number of hydrogen-bond acceptors (Lipinski definition) is 5. The number of nitrogens with zero attached hydrogens (tertiary/aromatic N) is 1. The second kappa shape index (κ2) is 9.46. The van der Waals surface area contributed by atoms with Gasteiger partial charge in [-0.05, 0) is 23.3 Å². The number of pyridine rings is 1. The highest BCUT2D eigenvalue weighted by Crippen LogP contribution is 2.28. The maximum Gasteiger partial charge on any atom is 0.261 e. The molecule has 0 unspecified atom stereocenters. The second-order valence-electron chi connectivity index (χ2n) is 6.31. The zero-order valence-electron chi connectivity index (χ0n) is 15.6. The molecular weight excluding hydrogens is 368 g/mol. The lowest BCUT2D eigenvalue weighted by molar-refractivity contribution is 0.102. The Balaban J connectivity index is 1.89. The van der Waals surface area contributed by atoms with Crippen molar-refractivity contribution in [3.63, 3.8) is 0 Å². The summed E-state index contributed by atoms with van der Waals surface area (Å²) < 4.78 is 0. The summed E-state index contributed by atoms with van der Waals surface area (Å²) in [6.45, 7) is 0.786. The number of aromatic amines is 1. The molecule has 0 radical (unpaired) electrons. The topological polar surface area (TPSA) is 118 Å². The van der Waals surface area contributed by atoms with Gasteiger partial charge in [0.05, 0.1) is 17.9 Å². The third-order valence-electron chi connectivity index (χ3n) is 4.33. The Morgan fingerprint density at radius 2 is 1.93 bits per heavy atom. The summed E-state index contributed by atoms with van der Waals surface area (Å²) in [6, 6.07) is 18.2. The number of carbonyl (C=O) groups is 1. The van der Waals surface area contributed by atoms with Crippen LogP contribution in [0.3, 0.4) is 0 Å². The summed E-state index contributed by atoms with van der Waals surface area (Å²) in [5.74, 6) is -0.600. The molecule has 29 heavy (non-hydrogen) atoms. The number of aliphatic hydroxyl groups excluding tert-OH is 1. The minimum Gasteiger partial charge on any atom is -0.395 e. The predicted octanol–water partition coefficient (Wildman–Crippen LogP) is 2.25. The summed E-state index contributed by atoms with van der Waals surface area (Å²) in [5.41, 5.74) is 2.33. The van der Waals surface area contributed by atoms with Crippen LogP contribution in [0.1, 0.15) is 21.5 Å². The Morgan fingerprint density at radius 1 is 1.14 bits per heavy atom. The summed E-state index contributed by atoms with van der Waals surface area (Å²) in [6.07, 6.45) is 1.51. The van der Waals surface area contributed by atoms with Gasteiger partial charge < -0.3 is 20.7 Å². The second-order valence-corrected chi connectivity index (χ2v) is 6.31. The number of H-pyrrole nitrogens is 1. The number of aliphatic hydroxyl groups is 1. The van der Waals surface area contributed by atoms with Crippen LogP contribution in [0.5, 0.6) is 0 Å². The Kier molecular flexibility index (Phi) is 6.53. The maximum atomic E-state index is 12.7. The van der Waals surface area contributed by atoms with Crippen LogP contribution in [-0.2, 0) is 6.54 Å². The third kappa shape index (κ3) is 4.76. The minimum atomic E-state index is -0.600. The molecule has 4 N–H and O–H groups in total. The predicted molar refractivity (Wildman–Crippen MR) is 110 cm³/mol. The summed E-state index contributed by atoms with van der Waals surface area (Å²) in [4.78, 5) is 27.4. The lowest BCUT2D eigenvalue weighted by atomic mass is 9.99. The Hall–Kier alpha value is -3.73. The molecule has 0 saturated heterocycles. The lowest BCUT2D eigenvalue weighted by Gasteiger charge is -2.11. The van der Waals surface area contributed by atoms with Gasteiger partial charge >= 0.3 is 0 Å². The number of rotatable bonds is 7. The van der Waals surface area contributed by atoms with Crippen molar-refractivity contribution in [2.75, 3.05) is 18.5 Å². The van der Waals surface area contributed by atoms with Crippen molar-refractivity contribution in [1.82, 2.24) is 10.3 Å². The molecule has 1 aromatic heterocycles. The number of nitriles is 1. The highest BCUT2D eigenvalue weighted by molar-refractivity contribution is 6.05. The van der Waals surface area contributed by atoms with Crippen molar-refractivity contribution in [3.8, 4) is 17.2 Å². The van der Waals surface area contributed by atoms with Crippen LogP contribution in [0.25, 0.3) is 11.1 Å². The molecule has 0 aliphatic heterocycles. The van der Waals surface area contributed by atoms with E-state index in [9.17, 15) is 14.9 Å². The normalized spacial score (nSPS) is 10.3. The number of hydrogen-bond donors (Lipinski definition) is 4. The van der Waals surface area contributed by atoms with Crippen LogP contribution >= 0.6 is 0 Å². The highest BCUT2D eigenvalue weighted by atomic mass is 16.3. The number of anilines is 1. The molecule has 0 spiro atoms. The van der Waals surface area contributed by atoms with Crippen molar-refractivity contribution in [2.24, 2.45) is 0 Å². The molecule has 0 bridgehead atoms. The molecule has 3 rings (SSSR count). The average Bonchev–Trinajstić information content (AvgIpc) is 2.75. The number of amides is 1. The molecule has 0 atom stereocenters. The van der Waals surface area contributed by atoms with Gasteiger partial charge in [-0.15, -0.1) is 0 Å². The average molecular weight is 388 g/mol. The monoisotopic (exact) mass is 388 g/mol. The van der Waals surface area contributed by atoms with Gasteiger partial charge in [-0.2, -0.15) is 5.26 Å². The highest BCUT2D eigenvalue weighted by Gasteiger charge is 2.16. The zero-order valence-corrected chi connectivity index (χ0v) is 15.6. The standard InChI is InChI=1S/C22H20N4O3/c23-12-19-17(16-5-2-1-3-6-16)7-4-8-20(19)26-22(29)18-11-15(13-24-9-10-27)14-25-21(18)28/h1-8,11,14,24,27H,9-10,13H2,(H,25,28)(H,26,29). The van der Waals surface area contributed by atoms with Crippen molar-refractivity contribution in [2.45, 2.75) is 6.54 Å². The molecule has 7 nitrogen and oxygen atoms in total. The lowest BCUT2D eigenvalue weighted by Crippen LogP contribution is -2.25. The van der Waals surface area contributed by atoms with E-state index in [1.807, 2.05) is 36.4 Å². The van der Waals surface area contributed by atoms with E-state index in [1.165, 1.54) is 12.3 Å². The fourth-order valence-corrected chi connectivity index (χ4v) is 2.94. The van der Waals surface area contributed by atoms with E-state index in [4.69, 9.17) is 5.11 Å². The number of benzene rings is 2. The van der Waals surface area contributed by atoms with Crippen molar-refractivity contribution >= 4 is 11.6 Å². The molecule has 1 amide bonds. The molecule has 0 saturated carbocycles. The summed E-state index contributed by atoms with van der Waals surface area (Å²) >= 11 is 0. The van der Waals surface area contributed by atoms with Crippen LogP contribution in [-0.4, -0.2) is 29.1 Å². The van der Waals surface area contributed by atoms with Crippen molar-refractivity contribution in [3.05, 3.63) is 87.8 Å². The van der Waals surface area contributed by atoms with Crippen molar-refractivity contribution < 1.29 is 9.90 Å². The van der Waals surface area contributed by atoms with Gasteiger partial charge in [0, 0.05) is 24.8 Å². The van der Waals surface area contributed by atoms with Crippen molar-refractivity contribution in [1.29, 1.82) is 5.26 Å². The fourth-order valence-electron chi connectivity index (χ4n) is 2.94. The van der Waals surface area contributed by atoms with Crippen LogP contribution in [0.2, 0.25) is 0 Å². The first-order chi connectivity index (χ1) is 14.1. The number of carbonyl (C=O) groups excluding carboxylic acids is 1. The smallest absolute Gasteiger partial charge is 0.261 e. The van der Waals surface area contributed by atoms with Gasteiger partial charge in [0.15, 0.2) is 0 Å². The Labute approximate surface area is 167 Å². The van der Waals surface area contributed by atoms with E-state index in [-0.39, 0.29) is 12.2 Å². The van der Waals surface area contributed by atoms with Crippen LogP contribution < -0.4 is 16.2 Å². The maximum absolute atomic E-state index is 12.7. The summed E-state index contributed by atoms with van der Waals surface area (Å²) in [7, 11) is 0. The number of aromatic nitrogens is 1. The van der Waals surface area contributed by atoms with Gasteiger partial charge in [-0.1, -0.05) is 42.5 Å². The van der Waals surface area contributed by atoms with E-state index < -0.39 is 11.5 Å². The molecule has 7 heteroatoms. The molecule has 0 aliphatic rings. The van der Waals surface area contributed by atoms with Gasteiger partial charge in [0.2, 0.25) is 0 Å². The molecule has 146 valence electrons. The molecule has 0 aliphatic carbocycles. The van der Waals surface area contributed by atoms with E-state index in [0.29, 0.717) is 35.5 Å². The first-order valence-corrected chi connectivity index (χ1v) is 9.07. The first kappa shape index (κ1) is 20.0. The Morgan fingerprint density at radius 3 is 2.66 bits per heavy atom. The van der Waals surface area contributed by atoms with Gasteiger partial charge in [0.1, 0.15) is 11.6 Å². The third-order valence-corrected chi connectivity index (χ3v) is 4.33. The number of nitrogens with one attached hydrogen (secondary N) is 3. The van der Waals surface area contributed by atoms with Gasteiger partial charge in [-0.25, -0.2) is 0 Å². The van der Waals surface area contributed by atoms with Gasteiger partial charge in [0.25, 0.3) is 11.5 Å². The molecule has 3 aromatic rings. The minimum absolute atomic E-state index is 0.00854. The van der Waals surface area contributed by atoms with E-state index in [1.54, 1.807) is 12.1 Å². The van der Waals surface area contributed by atoms with Crippen LogP contribution in [0.4, 0.5) is 5.69 Å². The van der Waals surface area contributed by atoms with Crippen LogP contribution in [0, 0.1) is 11.3 Å². The van der Waals surface area contributed by atoms with Gasteiger partial charge in [-0.3, -0.25) is 9.59 Å². The molecule has 2 aromatic carbocycles. The molecule has 0 fully saturated rings. The zero-order chi connectivity index (χ0) is 20.6. The van der Waals surface area contributed by atoms with E-state index >= 15 is 0 Å². The first-order valence-electron chi connectivity index (χ1n) is 9.07. The van der Waals surface area contributed by atoms with E-state index in [2.05, 4.69) is 21.7 Å². The van der Waals surface area contributed by atoms with E-state index in [0.717, 1.165) is 5.56 Å². The van der Waals surface area contributed by atoms with Crippen LogP contribution in [0.15, 0.2) is 65.6 Å². The largest absolute Gasteiger partial charge is 0.395 e. The SMILES string of the molecule is N#Cc1c(NC(=O)c2cc(CNCCO)c[nH]c2=O)cccc1-c1ccccc1. The molecule has 1 heterocycles. The summed E-state index contributed by atoms with van der Waals surface area (Å²) in [5, 5.41) is 24.2. The quantitative estimate of drug-likeness (QED) is 0.463. The fraction of sp³-hybridized carbons (Fsp3) is 0.136. The molecular formula is C22H20N4O3. The Bertz CT molecular complexity index is 1100.